The number of rotatable bonds is 2. The van der Waals surface area contributed by atoms with Gasteiger partial charge in [0.1, 0.15) is 5.75 Å². The SMILES string of the molecule is COc1ccc(Cl)c2c1CN(C(C)(C)C)C2CN. The molecule has 2 rings (SSSR count). The van der Waals surface area contributed by atoms with Crippen molar-refractivity contribution in [2.24, 2.45) is 5.73 Å². The molecule has 0 spiro atoms. The average Bonchev–Trinajstić information content (AvgIpc) is 2.69. The maximum absolute atomic E-state index is 6.35. The summed E-state index contributed by atoms with van der Waals surface area (Å²) in [5.74, 6) is 0.902. The van der Waals surface area contributed by atoms with Crippen molar-refractivity contribution >= 4 is 11.6 Å². The minimum absolute atomic E-state index is 0.0530. The van der Waals surface area contributed by atoms with E-state index in [1.165, 1.54) is 5.56 Å². The van der Waals surface area contributed by atoms with Crippen LogP contribution in [0.3, 0.4) is 0 Å². The van der Waals surface area contributed by atoms with Gasteiger partial charge >= 0.3 is 0 Å². The molecule has 18 heavy (non-hydrogen) atoms. The molecular weight excluding hydrogens is 248 g/mol. The molecular formula is C14H21ClN2O. The lowest BCUT2D eigenvalue weighted by Crippen LogP contribution is -2.42. The first-order valence-electron chi connectivity index (χ1n) is 6.22. The first kappa shape index (κ1) is 13.7. The molecule has 3 nitrogen and oxygen atoms in total. The molecule has 0 aromatic heterocycles. The highest BCUT2D eigenvalue weighted by Gasteiger charge is 2.38. The summed E-state index contributed by atoms with van der Waals surface area (Å²) in [6.45, 7) is 7.99. The number of hydrogen-bond acceptors (Lipinski definition) is 3. The zero-order valence-corrected chi connectivity index (χ0v) is 12.2. The third kappa shape index (κ3) is 2.11. The van der Waals surface area contributed by atoms with Gasteiger partial charge in [0, 0.05) is 35.3 Å². The molecule has 100 valence electrons. The zero-order chi connectivity index (χ0) is 13.5. The van der Waals surface area contributed by atoms with Crippen LogP contribution in [0.25, 0.3) is 0 Å². The van der Waals surface area contributed by atoms with Crippen LogP contribution in [0.5, 0.6) is 5.75 Å². The fraction of sp³-hybridized carbons (Fsp3) is 0.571. The molecule has 0 fully saturated rings. The summed E-state index contributed by atoms with van der Waals surface area (Å²) < 4.78 is 5.44. The van der Waals surface area contributed by atoms with E-state index in [0.29, 0.717) is 6.54 Å². The van der Waals surface area contributed by atoms with Crippen LogP contribution in [0, 0.1) is 0 Å². The number of nitrogens with two attached hydrogens (primary N) is 1. The molecule has 4 heteroatoms. The van der Waals surface area contributed by atoms with Gasteiger partial charge in [-0.2, -0.15) is 0 Å². The lowest BCUT2D eigenvalue weighted by Gasteiger charge is -2.36. The van der Waals surface area contributed by atoms with Gasteiger partial charge in [-0.15, -0.1) is 0 Å². The van der Waals surface area contributed by atoms with E-state index in [-0.39, 0.29) is 11.6 Å². The van der Waals surface area contributed by atoms with Gasteiger partial charge in [-0.1, -0.05) is 11.6 Å². The first-order chi connectivity index (χ1) is 8.40. The third-order valence-electron chi connectivity index (χ3n) is 3.60. The lowest BCUT2D eigenvalue weighted by molar-refractivity contribution is 0.0945. The van der Waals surface area contributed by atoms with Crippen molar-refractivity contribution in [2.75, 3.05) is 13.7 Å². The van der Waals surface area contributed by atoms with Gasteiger partial charge in [-0.3, -0.25) is 4.90 Å². The molecule has 1 aromatic rings. The summed E-state index contributed by atoms with van der Waals surface area (Å²) in [7, 11) is 1.70. The largest absolute Gasteiger partial charge is 0.496 e. The van der Waals surface area contributed by atoms with E-state index in [9.17, 15) is 0 Å². The Balaban J connectivity index is 2.53. The summed E-state index contributed by atoms with van der Waals surface area (Å²) in [4.78, 5) is 2.38. The van der Waals surface area contributed by atoms with Crippen LogP contribution >= 0.6 is 11.6 Å². The molecule has 1 heterocycles. The van der Waals surface area contributed by atoms with Crippen molar-refractivity contribution in [1.82, 2.24) is 4.90 Å². The van der Waals surface area contributed by atoms with Gasteiger partial charge in [-0.05, 0) is 38.5 Å². The Labute approximate surface area is 114 Å². The molecule has 0 saturated carbocycles. The fourth-order valence-electron chi connectivity index (χ4n) is 2.72. The van der Waals surface area contributed by atoms with E-state index in [0.717, 1.165) is 22.9 Å². The minimum Gasteiger partial charge on any atom is -0.496 e. The number of benzene rings is 1. The zero-order valence-electron chi connectivity index (χ0n) is 11.5. The summed E-state index contributed by atoms with van der Waals surface area (Å²) in [6.07, 6.45) is 0. The van der Waals surface area contributed by atoms with Gasteiger partial charge in [0.25, 0.3) is 0 Å². The van der Waals surface area contributed by atoms with Crippen LogP contribution in [0.15, 0.2) is 12.1 Å². The van der Waals surface area contributed by atoms with Crippen molar-refractivity contribution in [3.63, 3.8) is 0 Å². The van der Waals surface area contributed by atoms with E-state index >= 15 is 0 Å². The molecule has 1 aliphatic rings. The highest BCUT2D eigenvalue weighted by Crippen LogP contribution is 2.45. The second-order valence-corrected chi connectivity index (χ2v) is 6.10. The summed E-state index contributed by atoms with van der Waals surface area (Å²) in [5, 5.41) is 0.785. The lowest BCUT2D eigenvalue weighted by atomic mass is 10.0. The van der Waals surface area contributed by atoms with Crippen LogP contribution in [0.1, 0.15) is 37.9 Å². The van der Waals surface area contributed by atoms with Crippen LogP contribution in [0.2, 0.25) is 5.02 Å². The number of nitrogens with zero attached hydrogens (tertiary/aromatic N) is 1. The number of fused-ring (bicyclic) bond motifs is 1. The topological polar surface area (TPSA) is 38.5 Å². The number of methoxy groups -OCH3 is 1. The van der Waals surface area contributed by atoms with E-state index in [1.807, 2.05) is 12.1 Å². The van der Waals surface area contributed by atoms with Crippen molar-refractivity contribution in [1.29, 1.82) is 0 Å². The van der Waals surface area contributed by atoms with Gasteiger partial charge in [0.05, 0.1) is 7.11 Å². The maximum atomic E-state index is 6.35. The minimum atomic E-state index is 0.0530. The molecule has 1 aromatic carbocycles. The summed E-state index contributed by atoms with van der Waals surface area (Å²) >= 11 is 6.35. The Kier molecular flexibility index (Phi) is 3.58. The maximum Gasteiger partial charge on any atom is 0.123 e. The first-order valence-corrected chi connectivity index (χ1v) is 6.60. The van der Waals surface area contributed by atoms with E-state index in [4.69, 9.17) is 22.1 Å². The standard InChI is InChI=1S/C14H21ClN2O/c1-14(2,3)17-8-9-12(18-4)6-5-10(15)13(9)11(17)7-16/h5-6,11H,7-8,16H2,1-4H3. The van der Waals surface area contributed by atoms with Crippen LogP contribution in [-0.4, -0.2) is 24.1 Å². The van der Waals surface area contributed by atoms with Gasteiger partial charge in [0.15, 0.2) is 0 Å². The molecule has 0 amide bonds. The van der Waals surface area contributed by atoms with Crippen LogP contribution in [-0.2, 0) is 6.54 Å². The Morgan fingerprint density at radius 1 is 1.44 bits per heavy atom. The molecule has 0 saturated heterocycles. The molecule has 0 bridgehead atoms. The van der Waals surface area contributed by atoms with Gasteiger partial charge in [0.2, 0.25) is 0 Å². The molecule has 1 atom stereocenters. The highest BCUT2D eigenvalue weighted by molar-refractivity contribution is 6.31. The average molecular weight is 269 g/mol. The monoisotopic (exact) mass is 268 g/mol. The summed E-state index contributed by atoms with van der Waals surface area (Å²) in [5.41, 5.74) is 8.32. The van der Waals surface area contributed by atoms with E-state index in [2.05, 4.69) is 25.7 Å². The third-order valence-corrected chi connectivity index (χ3v) is 3.93. The molecule has 1 unspecified atom stereocenters. The second-order valence-electron chi connectivity index (χ2n) is 5.69. The fourth-order valence-corrected chi connectivity index (χ4v) is 3.02. The summed E-state index contributed by atoms with van der Waals surface area (Å²) in [6, 6.07) is 4.00. The Hall–Kier alpha value is -0.770. The number of halogens is 1. The quantitative estimate of drug-likeness (QED) is 0.896. The normalized spacial score (nSPS) is 20.0. The Bertz CT molecular complexity index is 454. The van der Waals surface area contributed by atoms with Crippen LogP contribution in [0.4, 0.5) is 0 Å². The van der Waals surface area contributed by atoms with Crippen LogP contribution < -0.4 is 10.5 Å². The highest BCUT2D eigenvalue weighted by atomic mass is 35.5. The Morgan fingerprint density at radius 2 is 2.11 bits per heavy atom. The van der Waals surface area contributed by atoms with E-state index < -0.39 is 0 Å². The van der Waals surface area contributed by atoms with Gasteiger partial charge in [-0.25, -0.2) is 0 Å². The van der Waals surface area contributed by atoms with E-state index in [1.54, 1.807) is 7.11 Å². The Morgan fingerprint density at radius 3 is 2.61 bits per heavy atom. The van der Waals surface area contributed by atoms with Gasteiger partial charge < -0.3 is 10.5 Å². The van der Waals surface area contributed by atoms with Crippen molar-refractivity contribution < 1.29 is 4.74 Å². The molecule has 1 aliphatic heterocycles. The molecule has 0 radical (unpaired) electrons. The predicted molar refractivity (Wildman–Crippen MR) is 75.1 cm³/mol. The van der Waals surface area contributed by atoms with Crippen molar-refractivity contribution in [2.45, 2.75) is 38.9 Å². The predicted octanol–water partition coefficient (Wildman–Crippen LogP) is 2.96. The van der Waals surface area contributed by atoms with Crippen molar-refractivity contribution in [3.05, 3.63) is 28.3 Å². The van der Waals surface area contributed by atoms with Crippen molar-refractivity contribution in [3.8, 4) is 5.75 Å². The molecule has 0 aliphatic carbocycles. The second kappa shape index (κ2) is 4.72. The molecule has 2 N–H and O–H groups in total. The smallest absolute Gasteiger partial charge is 0.123 e. The number of ether oxygens (including phenoxy) is 1. The number of hydrogen-bond donors (Lipinski definition) is 1.